The average Bonchev–Trinajstić information content (AvgIpc) is 3.26. The molecule has 0 saturated heterocycles. The maximum absolute atomic E-state index is 14.4. The number of halogens is 1. The zero-order chi connectivity index (χ0) is 18.7. The summed E-state index contributed by atoms with van der Waals surface area (Å²) < 4.78 is 18.9. The number of aromatic nitrogens is 2. The van der Waals surface area contributed by atoms with Crippen molar-refractivity contribution in [1.29, 1.82) is 0 Å². The smallest absolute Gasteiger partial charge is 0.351 e. The number of carboxylic acids is 1. The van der Waals surface area contributed by atoms with Crippen LogP contribution >= 0.6 is 11.3 Å². The van der Waals surface area contributed by atoms with Crippen LogP contribution in [-0.4, -0.2) is 34.1 Å². The molecule has 0 aliphatic rings. The minimum atomic E-state index is -1.01. The van der Waals surface area contributed by atoms with Gasteiger partial charge in [-0.15, -0.1) is 11.3 Å². The van der Waals surface area contributed by atoms with Gasteiger partial charge in [-0.05, 0) is 12.0 Å². The first-order valence-corrected chi connectivity index (χ1v) is 8.56. The molecule has 1 atom stereocenters. The fraction of sp³-hybridized carbons (Fsp3) is 0.167. The maximum atomic E-state index is 14.4. The fourth-order valence-electron chi connectivity index (χ4n) is 2.56. The summed E-state index contributed by atoms with van der Waals surface area (Å²) in [4.78, 5) is 30.0. The molecule has 2 N–H and O–H groups in total. The Bertz CT molecular complexity index is 936. The third-order valence-electron chi connectivity index (χ3n) is 3.91. The first kappa shape index (κ1) is 17.8. The van der Waals surface area contributed by atoms with E-state index in [4.69, 9.17) is 0 Å². The van der Waals surface area contributed by atoms with E-state index in [0.717, 1.165) is 16.9 Å². The number of hydrogen-bond acceptors (Lipinski definition) is 5. The second-order valence-corrected chi connectivity index (χ2v) is 6.43. The Balaban J connectivity index is 1.89. The summed E-state index contributed by atoms with van der Waals surface area (Å²) >= 11 is 0.904. The van der Waals surface area contributed by atoms with Crippen LogP contribution < -0.4 is 0 Å². The molecule has 0 saturated carbocycles. The lowest BCUT2D eigenvalue weighted by molar-refractivity contribution is -0.138. The van der Waals surface area contributed by atoms with Crippen LogP contribution in [0.25, 0.3) is 11.4 Å². The molecule has 2 aromatic heterocycles. The number of rotatable bonds is 6. The van der Waals surface area contributed by atoms with Crippen molar-refractivity contribution in [3.05, 3.63) is 63.9 Å². The molecule has 3 rings (SSSR count). The van der Waals surface area contributed by atoms with Crippen molar-refractivity contribution in [2.24, 2.45) is 0 Å². The van der Waals surface area contributed by atoms with Gasteiger partial charge >= 0.3 is 11.9 Å². The van der Waals surface area contributed by atoms with Crippen LogP contribution in [0.3, 0.4) is 0 Å². The summed E-state index contributed by atoms with van der Waals surface area (Å²) in [5.74, 6) is -3.19. The van der Waals surface area contributed by atoms with Crippen LogP contribution in [-0.2, 0) is 16.0 Å². The zero-order valence-electron chi connectivity index (χ0n) is 13.7. The highest BCUT2D eigenvalue weighted by Gasteiger charge is 2.25. The van der Waals surface area contributed by atoms with Crippen LogP contribution in [0.4, 0.5) is 4.39 Å². The quantitative estimate of drug-likeness (QED) is 0.645. The van der Waals surface area contributed by atoms with E-state index in [1.165, 1.54) is 18.7 Å². The van der Waals surface area contributed by atoms with Crippen molar-refractivity contribution >= 4 is 23.3 Å². The maximum Gasteiger partial charge on any atom is 0.351 e. The van der Waals surface area contributed by atoms with Crippen molar-refractivity contribution in [1.82, 2.24) is 9.97 Å². The number of thiophene rings is 1. The number of nitrogens with zero attached hydrogens (tertiary/aromatic N) is 1. The molecule has 8 heteroatoms. The highest BCUT2D eigenvalue weighted by Crippen LogP contribution is 2.30. The number of aromatic amines is 1. The van der Waals surface area contributed by atoms with E-state index in [1.807, 2.05) is 30.3 Å². The number of carbonyl (C=O) groups is 2. The molecule has 0 fully saturated rings. The summed E-state index contributed by atoms with van der Waals surface area (Å²) in [7, 11) is 1.17. The first-order valence-electron chi connectivity index (χ1n) is 7.68. The van der Waals surface area contributed by atoms with Gasteiger partial charge in [0.25, 0.3) is 0 Å². The second kappa shape index (κ2) is 7.49. The monoisotopic (exact) mass is 374 g/mol. The molecule has 0 radical (unpaired) electrons. The summed E-state index contributed by atoms with van der Waals surface area (Å²) in [6.07, 6.45) is 1.66. The van der Waals surface area contributed by atoms with Gasteiger partial charge in [-0.25, -0.2) is 14.2 Å². The molecule has 0 bridgehead atoms. The molecule has 1 unspecified atom stereocenters. The lowest BCUT2D eigenvalue weighted by Crippen LogP contribution is -2.14. The number of ether oxygens (including phenoxy) is 1. The van der Waals surface area contributed by atoms with Gasteiger partial charge in [0.2, 0.25) is 0 Å². The predicted molar refractivity (Wildman–Crippen MR) is 93.7 cm³/mol. The standard InChI is InChI=1S/C18H15FN2O4S/c1-25-18(24)15-14(19)12(9-26-15)16-20-8-13(21-16)11(17(22)23)7-10-5-3-2-4-6-10/h2-6,8-9,11H,7H2,1H3,(H,20,21)(H,22,23). The number of carbonyl (C=O) groups excluding carboxylic acids is 1. The van der Waals surface area contributed by atoms with Crippen molar-refractivity contribution in [2.75, 3.05) is 7.11 Å². The number of H-pyrrole nitrogens is 1. The highest BCUT2D eigenvalue weighted by atomic mass is 32.1. The van der Waals surface area contributed by atoms with Gasteiger partial charge in [0.15, 0.2) is 5.82 Å². The van der Waals surface area contributed by atoms with Gasteiger partial charge in [-0.3, -0.25) is 4.79 Å². The number of imidazole rings is 1. The van der Waals surface area contributed by atoms with E-state index in [9.17, 15) is 19.1 Å². The highest BCUT2D eigenvalue weighted by molar-refractivity contribution is 7.12. The van der Waals surface area contributed by atoms with E-state index >= 15 is 0 Å². The number of nitrogens with one attached hydrogen (secondary N) is 1. The molecule has 0 aliphatic heterocycles. The van der Waals surface area contributed by atoms with Crippen LogP contribution in [0.1, 0.15) is 26.8 Å². The first-order chi connectivity index (χ1) is 12.5. The summed E-state index contributed by atoms with van der Waals surface area (Å²) in [6, 6.07) is 9.21. The minimum Gasteiger partial charge on any atom is -0.481 e. The number of aliphatic carboxylic acids is 1. The summed E-state index contributed by atoms with van der Waals surface area (Å²) in [5, 5.41) is 11.0. The van der Waals surface area contributed by atoms with Crippen molar-refractivity contribution < 1.29 is 23.8 Å². The molecule has 134 valence electrons. The Morgan fingerprint density at radius 2 is 2.08 bits per heavy atom. The molecule has 1 aromatic carbocycles. The van der Waals surface area contributed by atoms with Gasteiger partial charge in [0, 0.05) is 17.3 Å². The molecule has 0 spiro atoms. The number of hydrogen-bond donors (Lipinski definition) is 2. The van der Waals surface area contributed by atoms with Crippen molar-refractivity contribution in [2.45, 2.75) is 12.3 Å². The van der Waals surface area contributed by atoms with Gasteiger partial charge in [0.1, 0.15) is 16.6 Å². The Morgan fingerprint density at radius 1 is 1.35 bits per heavy atom. The Hall–Kier alpha value is -3.00. The van der Waals surface area contributed by atoms with Crippen LogP contribution in [0, 0.1) is 5.82 Å². The summed E-state index contributed by atoms with van der Waals surface area (Å²) in [5.41, 5.74) is 1.33. The van der Waals surface area contributed by atoms with E-state index in [2.05, 4.69) is 14.7 Å². The average molecular weight is 374 g/mol. The molecule has 0 aliphatic carbocycles. The predicted octanol–water partition coefficient (Wildman–Crippen LogP) is 3.47. The van der Waals surface area contributed by atoms with Gasteiger partial charge in [0.05, 0.1) is 12.7 Å². The second-order valence-electron chi connectivity index (χ2n) is 5.55. The number of carboxylic acid groups (broad SMARTS) is 1. The van der Waals surface area contributed by atoms with E-state index in [0.29, 0.717) is 5.69 Å². The van der Waals surface area contributed by atoms with E-state index in [1.54, 1.807) is 0 Å². The van der Waals surface area contributed by atoms with E-state index < -0.39 is 23.7 Å². The van der Waals surface area contributed by atoms with Crippen LogP contribution in [0.5, 0.6) is 0 Å². The topological polar surface area (TPSA) is 92.3 Å². The van der Waals surface area contributed by atoms with Crippen LogP contribution in [0.15, 0.2) is 41.9 Å². The van der Waals surface area contributed by atoms with Crippen molar-refractivity contribution in [3.8, 4) is 11.4 Å². The zero-order valence-corrected chi connectivity index (χ0v) is 14.5. The van der Waals surface area contributed by atoms with Crippen molar-refractivity contribution in [3.63, 3.8) is 0 Å². The molecule has 0 amide bonds. The van der Waals surface area contributed by atoms with Gasteiger partial charge in [-0.2, -0.15) is 0 Å². The SMILES string of the molecule is COC(=O)c1scc(-c2ncc(C(Cc3ccccc3)C(=O)O)[nH]2)c1F. The Morgan fingerprint density at radius 3 is 2.73 bits per heavy atom. The molecule has 3 aromatic rings. The Labute approximate surface area is 152 Å². The lowest BCUT2D eigenvalue weighted by Gasteiger charge is -2.10. The normalized spacial score (nSPS) is 11.9. The molecular weight excluding hydrogens is 359 g/mol. The number of esters is 1. The number of methoxy groups -OCH3 is 1. The molecule has 2 heterocycles. The number of benzene rings is 1. The van der Waals surface area contributed by atoms with Gasteiger partial charge < -0.3 is 14.8 Å². The lowest BCUT2D eigenvalue weighted by atomic mass is 9.97. The van der Waals surface area contributed by atoms with E-state index in [-0.39, 0.29) is 22.7 Å². The third kappa shape index (κ3) is 3.50. The molecule has 26 heavy (non-hydrogen) atoms. The minimum absolute atomic E-state index is 0.102. The van der Waals surface area contributed by atoms with Gasteiger partial charge in [-0.1, -0.05) is 30.3 Å². The Kier molecular flexibility index (Phi) is 5.13. The fourth-order valence-corrected chi connectivity index (χ4v) is 3.41. The molecule has 6 nitrogen and oxygen atoms in total. The summed E-state index contributed by atoms with van der Waals surface area (Å²) in [6.45, 7) is 0. The third-order valence-corrected chi connectivity index (χ3v) is 4.84. The molecular formula is C18H15FN2O4S. The largest absolute Gasteiger partial charge is 0.481 e. The van der Waals surface area contributed by atoms with Crippen LogP contribution in [0.2, 0.25) is 0 Å².